The van der Waals surface area contributed by atoms with E-state index in [9.17, 15) is 5.21 Å². The highest BCUT2D eigenvalue weighted by atomic mass is 16.4. The summed E-state index contributed by atoms with van der Waals surface area (Å²) in [6.45, 7) is 2.52. The predicted molar refractivity (Wildman–Crippen MR) is 110 cm³/mol. The SMILES string of the molecule is C[C@@]12CCC[C@H]1[C@@H]1CCC3=CCCCC3=C1[C@@H](C(=NO)c1ccccc1)C2. The maximum absolute atomic E-state index is 10.1. The molecule has 4 aliphatic rings. The second-order valence-corrected chi connectivity index (χ2v) is 9.46. The van der Waals surface area contributed by atoms with Crippen LogP contribution in [0.3, 0.4) is 0 Å². The predicted octanol–water partition coefficient (Wildman–Crippen LogP) is 6.51. The Balaban J connectivity index is 1.67. The van der Waals surface area contributed by atoms with Gasteiger partial charge in [0.05, 0.1) is 5.71 Å². The Kier molecular flexibility index (Phi) is 4.26. The van der Waals surface area contributed by atoms with Gasteiger partial charge in [-0.1, -0.05) is 60.5 Å². The lowest BCUT2D eigenvalue weighted by Crippen LogP contribution is -2.43. The minimum atomic E-state index is 0.276. The second kappa shape index (κ2) is 6.65. The third-order valence-corrected chi connectivity index (χ3v) is 8.08. The van der Waals surface area contributed by atoms with E-state index in [1.165, 1.54) is 51.4 Å². The summed E-state index contributed by atoms with van der Waals surface area (Å²) in [5.41, 5.74) is 7.32. The van der Waals surface area contributed by atoms with Crippen LogP contribution in [-0.4, -0.2) is 10.9 Å². The van der Waals surface area contributed by atoms with Crippen molar-refractivity contribution in [2.24, 2.45) is 28.3 Å². The Morgan fingerprint density at radius 1 is 1.11 bits per heavy atom. The molecule has 2 nitrogen and oxygen atoms in total. The van der Waals surface area contributed by atoms with Crippen LogP contribution < -0.4 is 0 Å². The number of allylic oxidation sites excluding steroid dienone is 4. The lowest BCUT2D eigenvalue weighted by molar-refractivity contribution is 0.102. The zero-order chi connectivity index (χ0) is 18.4. The zero-order valence-electron chi connectivity index (χ0n) is 16.5. The van der Waals surface area contributed by atoms with E-state index in [4.69, 9.17) is 0 Å². The highest BCUT2D eigenvalue weighted by Crippen LogP contribution is 2.62. The van der Waals surface area contributed by atoms with Gasteiger partial charge in [0, 0.05) is 5.92 Å². The van der Waals surface area contributed by atoms with Crippen LogP contribution in [0.5, 0.6) is 0 Å². The third kappa shape index (κ3) is 2.71. The van der Waals surface area contributed by atoms with E-state index < -0.39 is 0 Å². The monoisotopic (exact) mass is 361 g/mol. The lowest BCUT2D eigenvalue weighted by Gasteiger charge is -2.51. The molecule has 0 saturated heterocycles. The van der Waals surface area contributed by atoms with Gasteiger partial charge >= 0.3 is 0 Å². The smallest absolute Gasteiger partial charge is 0.0939 e. The van der Waals surface area contributed by atoms with Gasteiger partial charge in [-0.25, -0.2) is 0 Å². The minimum Gasteiger partial charge on any atom is -0.411 e. The van der Waals surface area contributed by atoms with Crippen molar-refractivity contribution in [3.63, 3.8) is 0 Å². The summed E-state index contributed by atoms with van der Waals surface area (Å²) in [6, 6.07) is 10.4. The van der Waals surface area contributed by atoms with E-state index in [1.807, 2.05) is 6.07 Å². The van der Waals surface area contributed by atoms with Crippen LogP contribution in [0.4, 0.5) is 0 Å². The van der Waals surface area contributed by atoms with Gasteiger partial charge in [0.15, 0.2) is 0 Å². The summed E-state index contributed by atoms with van der Waals surface area (Å²) in [7, 11) is 0. The van der Waals surface area contributed by atoms with Crippen molar-refractivity contribution in [1.82, 2.24) is 0 Å². The first-order valence-electron chi connectivity index (χ1n) is 10.9. The van der Waals surface area contributed by atoms with Gasteiger partial charge in [0.2, 0.25) is 0 Å². The average Bonchev–Trinajstić information content (AvgIpc) is 3.10. The zero-order valence-corrected chi connectivity index (χ0v) is 16.5. The fraction of sp³-hybridized carbons (Fsp3) is 0.560. The molecule has 5 rings (SSSR count). The summed E-state index contributed by atoms with van der Waals surface area (Å²) >= 11 is 0. The van der Waals surface area contributed by atoms with Crippen molar-refractivity contribution in [2.75, 3.05) is 0 Å². The molecule has 0 amide bonds. The Morgan fingerprint density at radius 3 is 2.78 bits per heavy atom. The van der Waals surface area contributed by atoms with Crippen LogP contribution in [-0.2, 0) is 0 Å². The standard InChI is InChI=1S/C25H31NO/c1-25-15-7-12-22(25)20-14-13-17-8-5-6-11-19(17)23(20)21(16-25)24(26-27)18-9-3-2-4-10-18/h2-4,8-10,20-22,27H,5-7,11-16H2,1H3/t20-,21-,22-,25-/m0/s1. The molecule has 4 atom stereocenters. The minimum absolute atomic E-state index is 0.276. The molecule has 2 heteroatoms. The Morgan fingerprint density at radius 2 is 1.96 bits per heavy atom. The molecule has 2 saturated carbocycles. The number of nitrogens with zero attached hydrogens (tertiary/aromatic N) is 1. The number of hydrogen-bond acceptors (Lipinski definition) is 2. The van der Waals surface area contributed by atoms with Gasteiger partial charge in [-0.15, -0.1) is 0 Å². The molecule has 1 N–H and O–H groups in total. The first-order valence-corrected chi connectivity index (χ1v) is 10.9. The van der Waals surface area contributed by atoms with E-state index in [0.29, 0.717) is 11.3 Å². The molecule has 0 radical (unpaired) electrons. The van der Waals surface area contributed by atoms with Crippen molar-refractivity contribution in [3.8, 4) is 0 Å². The van der Waals surface area contributed by atoms with Crippen LogP contribution in [0.15, 0.2) is 58.3 Å². The number of rotatable bonds is 2. The van der Waals surface area contributed by atoms with Crippen LogP contribution in [0.25, 0.3) is 0 Å². The Bertz CT molecular complexity index is 818. The normalized spacial score (nSPS) is 36.0. The van der Waals surface area contributed by atoms with Crippen molar-refractivity contribution < 1.29 is 5.21 Å². The van der Waals surface area contributed by atoms with Gasteiger partial charge < -0.3 is 5.21 Å². The van der Waals surface area contributed by atoms with Crippen LogP contribution in [0.2, 0.25) is 0 Å². The highest BCUT2D eigenvalue weighted by Gasteiger charge is 2.53. The molecule has 142 valence electrons. The fourth-order valence-corrected chi connectivity index (χ4v) is 6.96. The van der Waals surface area contributed by atoms with E-state index in [2.05, 4.69) is 42.4 Å². The molecule has 0 aliphatic heterocycles. The Hall–Kier alpha value is -1.83. The molecule has 0 spiro atoms. The van der Waals surface area contributed by atoms with Crippen molar-refractivity contribution in [3.05, 3.63) is 58.7 Å². The van der Waals surface area contributed by atoms with Gasteiger partial charge in [-0.3, -0.25) is 0 Å². The molecular weight excluding hydrogens is 330 g/mol. The van der Waals surface area contributed by atoms with E-state index in [-0.39, 0.29) is 5.92 Å². The topological polar surface area (TPSA) is 32.6 Å². The molecule has 4 aliphatic carbocycles. The fourth-order valence-electron chi connectivity index (χ4n) is 6.96. The van der Waals surface area contributed by atoms with Crippen LogP contribution in [0, 0.1) is 23.2 Å². The second-order valence-electron chi connectivity index (χ2n) is 9.46. The lowest BCUT2D eigenvalue weighted by atomic mass is 9.53. The third-order valence-electron chi connectivity index (χ3n) is 8.08. The quantitative estimate of drug-likeness (QED) is 0.363. The summed E-state index contributed by atoms with van der Waals surface area (Å²) < 4.78 is 0. The van der Waals surface area contributed by atoms with E-state index >= 15 is 0 Å². The maximum atomic E-state index is 10.1. The van der Waals surface area contributed by atoms with Crippen molar-refractivity contribution >= 4 is 5.71 Å². The number of oxime groups is 1. The van der Waals surface area contributed by atoms with Crippen LogP contribution in [0.1, 0.15) is 70.3 Å². The molecule has 0 heterocycles. The van der Waals surface area contributed by atoms with Gasteiger partial charge in [0.1, 0.15) is 0 Å². The molecule has 2 fully saturated rings. The molecular formula is C25H31NO. The van der Waals surface area contributed by atoms with Crippen LogP contribution >= 0.6 is 0 Å². The first-order chi connectivity index (χ1) is 13.2. The maximum Gasteiger partial charge on any atom is 0.0939 e. The molecule has 1 aromatic rings. The largest absolute Gasteiger partial charge is 0.411 e. The summed E-state index contributed by atoms with van der Waals surface area (Å²) in [6.07, 6.45) is 14.0. The average molecular weight is 362 g/mol. The number of benzene rings is 1. The van der Waals surface area contributed by atoms with E-state index in [1.54, 1.807) is 16.7 Å². The van der Waals surface area contributed by atoms with Crippen molar-refractivity contribution in [1.29, 1.82) is 0 Å². The Labute approximate surface area is 163 Å². The van der Waals surface area contributed by atoms with Gasteiger partial charge in [0.25, 0.3) is 0 Å². The van der Waals surface area contributed by atoms with E-state index in [0.717, 1.165) is 23.6 Å². The first kappa shape index (κ1) is 17.3. The van der Waals surface area contributed by atoms with Gasteiger partial charge in [-0.2, -0.15) is 0 Å². The molecule has 0 aromatic heterocycles. The number of fused-ring (bicyclic) bond motifs is 4. The highest BCUT2D eigenvalue weighted by molar-refractivity contribution is 6.03. The molecule has 1 aromatic carbocycles. The number of hydrogen-bond donors (Lipinski definition) is 1. The molecule has 0 bridgehead atoms. The summed E-state index contributed by atoms with van der Waals surface area (Å²) in [5.74, 6) is 1.80. The molecule has 0 unspecified atom stereocenters. The van der Waals surface area contributed by atoms with Crippen molar-refractivity contribution in [2.45, 2.75) is 64.7 Å². The molecule has 27 heavy (non-hydrogen) atoms. The summed E-state index contributed by atoms with van der Waals surface area (Å²) in [5, 5.41) is 14.0. The summed E-state index contributed by atoms with van der Waals surface area (Å²) in [4.78, 5) is 0. The van der Waals surface area contributed by atoms with Gasteiger partial charge in [-0.05, 0) is 85.3 Å².